The molecule has 0 unspecified atom stereocenters. The van der Waals surface area contributed by atoms with Gasteiger partial charge < -0.3 is 0 Å². The topological polar surface area (TPSA) is 30.0 Å². The van der Waals surface area contributed by atoms with Gasteiger partial charge in [0.2, 0.25) is 0 Å². The molecule has 1 aliphatic carbocycles. The van der Waals surface area contributed by atoms with Crippen LogP contribution in [0, 0.1) is 5.92 Å². The van der Waals surface area contributed by atoms with E-state index >= 15 is 0 Å². The van der Waals surface area contributed by atoms with Crippen molar-refractivity contribution >= 4 is 17.4 Å². The smallest absolute Gasteiger partial charge is 0.135 e. The maximum Gasteiger partial charge on any atom is 0.135 e. The van der Waals surface area contributed by atoms with E-state index < -0.39 is 0 Å². The average Bonchev–Trinajstić information content (AvgIpc) is 2.45. The summed E-state index contributed by atoms with van der Waals surface area (Å²) in [6.45, 7) is 2.13. The van der Waals surface area contributed by atoms with Gasteiger partial charge in [-0.25, -0.2) is 4.98 Å². The number of rotatable bonds is 5. The summed E-state index contributed by atoms with van der Waals surface area (Å²) >= 11 is 6.15. The Balaban J connectivity index is 1.89. The van der Waals surface area contributed by atoms with E-state index in [-0.39, 0.29) is 0 Å². The number of nitrogens with zero attached hydrogens (tertiary/aromatic N) is 1. The summed E-state index contributed by atoms with van der Waals surface area (Å²) in [6, 6.07) is 4.01. The summed E-state index contributed by atoms with van der Waals surface area (Å²) in [5.41, 5.74) is 1.16. The molecule has 104 valence electrons. The molecule has 0 amide bonds. The van der Waals surface area contributed by atoms with Crippen molar-refractivity contribution < 1.29 is 4.79 Å². The summed E-state index contributed by atoms with van der Waals surface area (Å²) in [6.07, 6.45) is 8.78. The Morgan fingerprint density at radius 2 is 2.11 bits per heavy atom. The Bertz CT molecular complexity index is 425. The van der Waals surface area contributed by atoms with E-state index in [0.29, 0.717) is 22.8 Å². The second kappa shape index (κ2) is 7.04. The van der Waals surface area contributed by atoms with Gasteiger partial charge in [0.05, 0.1) is 0 Å². The number of hydrogen-bond acceptors (Lipinski definition) is 2. The van der Waals surface area contributed by atoms with E-state index in [1.165, 1.54) is 0 Å². The zero-order valence-electron chi connectivity index (χ0n) is 11.6. The normalized spacial score (nSPS) is 23.3. The van der Waals surface area contributed by atoms with Gasteiger partial charge in [-0.05, 0) is 49.7 Å². The molecule has 0 bridgehead atoms. The number of pyridine rings is 1. The minimum atomic E-state index is 0.290. The van der Waals surface area contributed by atoms with Gasteiger partial charge in [-0.1, -0.05) is 31.0 Å². The largest absolute Gasteiger partial charge is 0.299 e. The molecule has 0 saturated heterocycles. The van der Waals surface area contributed by atoms with Crippen molar-refractivity contribution in [2.45, 2.75) is 57.8 Å². The van der Waals surface area contributed by atoms with E-state index in [4.69, 9.17) is 11.6 Å². The molecule has 19 heavy (non-hydrogen) atoms. The molecular formula is C16H22ClNO. The monoisotopic (exact) mass is 279 g/mol. The Kier molecular flexibility index (Phi) is 5.38. The third kappa shape index (κ3) is 3.79. The lowest BCUT2D eigenvalue weighted by molar-refractivity contribution is -0.124. The zero-order chi connectivity index (χ0) is 13.7. The fraction of sp³-hybridized carbons (Fsp3) is 0.625. The van der Waals surface area contributed by atoms with Crippen LogP contribution in [0.3, 0.4) is 0 Å². The standard InChI is InChI=1S/C16H22ClNO/c1-2-3-6-15(19)13-9-7-12(8-10-13)14-5-4-11-18-16(14)17/h4-5,11-13H,2-3,6-10H2,1H3. The summed E-state index contributed by atoms with van der Waals surface area (Å²) in [4.78, 5) is 16.2. The average molecular weight is 280 g/mol. The summed E-state index contributed by atoms with van der Waals surface area (Å²) in [5, 5.41) is 0.628. The van der Waals surface area contributed by atoms with Crippen LogP contribution in [-0.4, -0.2) is 10.8 Å². The van der Waals surface area contributed by atoms with Crippen LogP contribution in [0.15, 0.2) is 18.3 Å². The minimum absolute atomic E-state index is 0.290. The van der Waals surface area contributed by atoms with Crippen molar-refractivity contribution in [2.24, 2.45) is 5.92 Å². The second-order valence-electron chi connectivity index (χ2n) is 5.50. The van der Waals surface area contributed by atoms with Crippen molar-refractivity contribution in [1.29, 1.82) is 0 Å². The van der Waals surface area contributed by atoms with Crippen molar-refractivity contribution in [2.75, 3.05) is 0 Å². The summed E-state index contributed by atoms with van der Waals surface area (Å²) < 4.78 is 0. The highest BCUT2D eigenvalue weighted by molar-refractivity contribution is 6.30. The molecule has 0 N–H and O–H groups in total. The minimum Gasteiger partial charge on any atom is -0.299 e. The molecule has 1 aromatic heterocycles. The summed E-state index contributed by atoms with van der Waals surface area (Å²) in [7, 11) is 0. The van der Waals surface area contributed by atoms with Crippen molar-refractivity contribution in [3.63, 3.8) is 0 Å². The Hall–Kier alpha value is -0.890. The molecule has 0 spiro atoms. The fourth-order valence-corrected chi connectivity index (χ4v) is 3.26. The number of hydrogen-bond donors (Lipinski definition) is 0. The van der Waals surface area contributed by atoms with Crippen LogP contribution in [0.2, 0.25) is 5.15 Å². The number of halogens is 1. The Labute approximate surface area is 120 Å². The number of ketones is 1. The Morgan fingerprint density at radius 1 is 1.37 bits per heavy atom. The quantitative estimate of drug-likeness (QED) is 0.727. The zero-order valence-corrected chi connectivity index (χ0v) is 12.3. The molecule has 3 heteroatoms. The molecular weight excluding hydrogens is 258 g/mol. The lowest BCUT2D eigenvalue weighted by Crippen LogP contribution is -2.21. The first-order valence-corrected chi connectivity index (χ1v) is 7.73. The van der Waals surface area contributed by atoms with Crippen molar-refractivity contribution in [1.82, 2.24) is 4.98 Å². The highest BCUT2D eigenvalue weighted by Gasteiger charge is 2.27. The number of carbonyl (C=O) groups is 1. The molecule has 1 saturated carbocycles. The van der Waals surface area contributed by atoms with Crippen LogP contribution in [0.1, 0.15) is 63.4 Å². The van der Waals surface area contributed by atoms with Crippen molar-refractivity contribution in [3.8, 4) is 0 Å². The first-order chi connectivity index (χ1) is 9.22. The SMILES string of the molecule is CCCCC(=O)C1CCC(c2cccnc2Cl)CC1. The van der Waals surface area contributed by atoms with Crippen LogP contribution >= 0.6 is 11.6 Å². The van der Waals surface area contributed by atoms with Crippen LogP contribution in [-0.2, 0) is 4.79 Å². The molecule has 2 rings (SSSR count). The molecule has 1 aliphatic rings. The highest BCUT2D eigenvalue weighted by Crippen LogP contribution is 2.38. The van der Waals surface area contributed by atoms with Gasteiger partial charge in [0.1, 0.15) is 10.9 Å². The van der Waals surface area contributed by atoms with E-state index in [1.54, 1.807) is 6.20 Å². The maximum atomic E-state index is 12.0. The molecule has 0 radical (unpaired) electrons. The van der Waals surface area contributed by atoms with Crippen LogP contribution in [0.25, 0.3) is 0 Å². The molecule has 0 aromatic carbocycles. The molecule has 2 nitrogen and oxygen atoms in total. The maximum absolute atomic E-state index is 12.0. The van der Waals surface area contributed by atoms with Gasteiger partial charge in [-0.2, -0.15) is 0 Å². The lowest BCUT2D eigenvalue weighted by Gasteiger charge is -2.28. The third-order valence-corrected chi connectivity index (χ3v) is 4.50. The van der Waals surface area contributed by atoms with E-state index in [2.05, 4.69) is 18.0 Å². The summed E-state index contributed by atoms with van der Waals surface area (Å²) in [5.74, 6) is 1.24. The molecule has 1 aromatic rings. The van der Waals surface area contributed by atoms with E-state index in [0.717, 1.165) is 50.5 Å². The van der Waals surface area contributed by atoms with Gasteiger partial charge in [0.25, 0.3) is 0 Å². The first kappa shape index (κ1) is 14.5. The lowest BCUT2D eigenvalue weighted by atomic mass is 9.77. The second-order valence-corrected chi connectivity index (χ2v) is 5.86. The van der Waals surface area contributed by atoms with Crippen molar-refractivity contribution in [3.05, 3.63) is 29.0 Å². The third-order valence-electron chi connectivity index (χ3n) is 4.19. The Morgan fingerprint density at radius 3 is 2.74 bits per heavy atom. The van der Waals surface area contributed by atoms with Gasteiger partial charge in [-0.3, -0.25) is 4.79 Å². The number of Topliss-reactive ketones (excluding diaryl/α,β-unsaturated/α-hetero) is 1. The van der Waals surface area contributed by atoms with Gasteiger partial charge in [-0.15, -0.1) is 0 Å². The van der Waals surface area contributed by atoms with Gasteiger partial charge >= 0.3 is 0 Å². The fourth-order valence-electron chi connectivity index (χ4n) is 2.98. The van der Waals surface area contributed by atoms with E-state index in [9.17, 15) is 4.79 Å². The predicted molar refractivity (Wildman–Crippen MR) is 78.5 cm³/mol. The molecule has 1 fully saturated rings. The van der Waals surface area contributed by atoms with Gasteiger partial charge in [0, 0.05) is 18.5 Å². The van der Waals surface area contributed by atoms with Crippen LogP contribution in [0.4, 0.5) is 0 Å². The highest BCUT2D eigenvalue weighted by atomic mass is 35.5. The van der Waals surface area contributed by atoms with E-state index in [1.807, 2.05) is 6.07 Å². The number of unbranched alkanes of at least 4 members (excludes halogenated alkanes) is 1. The molecule has 1 heterocycles. The molecule has 0 aliphatic heterocycles. The number of carbonyl (C=O) groups excluding carboxylic acids is 1. The van der Waals surface area contributed by atoms with Gasteiger partial charge in [0.15, 0.2) is 0 Å². The first-order valence-electron chi connectivity index (χ1n) is 7.35. The predicted octanol–water partition coefficient (Wildman–Crippen LogP) is 4.77. The molecule has 0 atom stereocenters. The van der Waals surface area contributed by atoms with Crippen LogP contribution < -0.4 is 0 Å². The van der Waals surface area contributed by atoms with Crippen LogP contribution in [0.5, 0.6) is 0 Å². The number of aromatic nitrogens is 1.